The van der Waals surface area contributed by atoms with Crippen molar-refractivity contribution in [2.24, 2.45) is 5.92 Å². The topological polar surface area (TPSA) is 67.2 Å². The van der Waals surface area contributed by atoms with E-state index in [9.17, 15) is 4.79 Å². The van der Waals surface area contributed by atoms with Gasteiger partial charge in [0, 0.05) is 38.0 Å². The second kappa shape index (κ2) is 9.04. The van der Waals surface area contributed by atoms with E-state index >= 15 is 0 Å². The third-order valence-electron chi connectivity index (χ3n) is 5.97. The summed E-state index contributed by atoms with van der Waals surface area (Å²) in [6, 6.07) is 10.1. The first kappa shape index (κ1) is 21.3. The fourth-order valence-electron chi connectivity index (χ4n) is 4.20. The molecule has 0 N–H and O–H groups in total. The van der Waals surface area contributed by atoms with Crippen molar-refractivity contribution >= 4 is 22.8 Å². The lowest BCUT2D eigenvalue weighted by Gasteiger charge is -2.36. The Morgan fingerprint density at radius 2 is 1.74 bits per heavy atom. The summed E-state index contributed by atoms with van der Waals surface area (Å²) in [4.78, 5) is 26.6. The summed E-state index contributed by atoms with van der Waals surface area (Å²) in [7, 11) is 0. The van der Waals surface area contributed by atoms with Gasteiger partial charge in [-0.05, 0) is 18.6 Å². The van der Waals surface area contributed by atoms with Crippen molar-refractivity contribution < 1.29 is 4.79 Å². The van der Waals surface area contributed by atoms with Gasteiger partial charge in [-0.2, -0.15) is 5.10 Å². The average Bonchev–Trinajstić information content (AvgIpc) is 3.23. The molecule has 1 aromatic carbocycles. The predicted octanol–water partition coefficient (Wildman–Crippen LogP) is 4.02. The maximum atomic E-state index is 12.4. The summed E-state index contributed by atoms with van der Waals surface area (Å²) in [6.45, 7) is 11.3. The van der Waals surface area contributed by atoms with E-state index in [-0.39, 0.29) is 17.7 Å². The molecule has 0 spiro atoms. The number of aromatic nitrogens is 4. The number of benzene rings is 1. The zero-order chi connectivity index (χ0) is 22.0. The minimum absolute atomic E-state index is 0.0305. The summed E-state index contributed by atoms with van der Waals surface area (Å²) >= 11 is 0. The number of amides is 1. The van der Waals surface area contributed by atoms with Gasteiger partial charge in [0.15, 0.2) is 5.65 Å². The Bertz CT molecular complexity index is 1040. The van der Waals surface area contributed by atoms with Gasteiger partial charge in [0.25, 0.3) is 0 Å². The van der Waals surface area contributed by atoms with Crippen LogP contribution >= 0.6 is 0 Å². The summed E-state index contributed by atoms with van der Waals surface area (Å²) in [5, 5.41) is 5.62. The molecule has 1 fully saturated rings. The second-order valence-corrected chi connectivity index (χ2v) is 8.69. The third kappa shape index (κ3) is 4.27. The molecule has 31 heavy (non-hydrogen) atoms. The molecular weight excluding hydrogens is 388 g/mol. The minimum Gasteiger partial charge on any atom is -0.352 e. The average molecular weight is 421 g/mol. The largest absolute Gasteiger partial charge is 0.352 e. The molecule has 0 unspecified atom stereocenters. The molecule has 0 radical (unpaired) electrons. The van der Waals surface area contributed by atoms with Crippen LogP contribution in [0.25, 0.3) is 16.7 Å². The van der Waals surface area contributed by atoms with Crippen LogP contribution in [0.1, 0.15) is 52.3 Å². The van der Waals surface area contributed by atoms with E-state index in [1.165, 1.54) is 0 Å². The molecule has 7 heteroatoms. The van der Waals surface area contributed by atoms with E-state index in [1.54, 1.807) is 0 Å². The number of carbonyl (C=O) groups is 1. The Morgan fingerprint density at radius 3 is 2.39 bits per heavy atom. The van der Waals surface area contributed by atoms with Crippen molar-refractivity contribution in [3.8, 4) is 5.69 Å². The zero-order valence-electron chi connectivity index (χ0n) is 19.0. The van der Waals surface area contributed by atoms with Gasteiger partial charge < -0.3 is 9.80 Å². The van der Waals surface area contributed by atoms with E-state index < -0.39 is 0 Å². The number of anilines is 1. The fourth-order valence-corrected chi connectivity index (χ4v) is 4.20. The molecule has 7 nitrogen and oxygen atoms in total. The Morgan fingerprint density at radius 1 is 1.03 bits per heavy atom. The smallest absolute Gasteiger partial charge is 0.225 e. The number of rotatable bonds is 6. The minimum atomic E-state index is 0.0305. The highest BCUT2D eigenvalue weighted by atomic mass is 16.2. The van der Waals surface area contributed by atoms with Crippen LogP contribution in [-0.2, 0) is 4.79 Å². The highest BCUT2D eigenvalue weighted by Crippen LogP contribution is 2.29. The molecule has 4 rings (SSSR count). The molecule has 1 aliphatic rings. The first-order valence-electron chi connectivity index (χ1n) is 11.3. The maximum Gasteiger partial charge on any atom is 0.225 e. The van der Waals surface area contributed by atoms with Gasteiger partial charge in [-0.1, -0.05) is 52.3 Å². The van der Waals surface area contributed by atoms with Gasteiger partial charge in [-0.3, -0.25) is 4.79 Å². The normalized spacial score (nSPS) is 15.6. The van der Waals surface area contributed by atoms with Gasteiger partial charge in [-0.15, -0.1) is 0 Å². The second-order valence-electron chi connectivity index (χ2n) is 8.69. The van der Waals surface area contributed by atoms with Crippen LogP contribution in [0.2, 0.25) is 0 Å². The quantitative estimate of drug-likeness (QED) is 0.602. The first-order valence-corrected chi connectivity index (χ1v) is 11.3. The van der Waals surface area contributed by atoms with Crippen LogP contribution in [0.4, 0.5) is 5.82 Å². The van der Waals surface area contributed by atoms with Crippen molar-refractivity contribution in [3.05, 3.63) is 42.4 Å². The SMILES string of the molecule is CCC[C@H](C)c1nc(N2CCN(C(=O)C(C)C)CC2)c2cnn(-c3ccccc3)c2n1. The van der Waals surface area contributed by atoms with Crippen molar-refractivity contribution in [1.29, 1.82) is 0 Å². The van der Waals surface area contributed by atoms with E-state index in [4.69, 9.17) is 9.97 Å². The molecule has 1 saturated heterocycles. The molecule has 3 aromatic rings. The number of nitrogens with zero attached hydrogens (tertiary/aromatic N) is 6. The standard InChI is InChI=1S/C24H32N6O/c1-5-9-18(4)21-26-22(28-12-14-29(15-13-28)24(31)17(2)3)20-16-25-30(23(20)27-21)19-10-7-6-8-11-19/h6-8,10-11,16-18H,5,9,12-15H2,1-4H3/t18-/m0/s1. The molecule has 164 valence electrons. The van der Waals surface area contributed by atoms with E-state index in [1.807, 2.05) is 60.0 Å². The lowest BCUT2D eigenvalue weighted by atomic mass is 10.1. The van der Waals surface area contributed by atoms with Crippen LogP contribution in [0.15, 0.2) is 36.5 Å². The van der Waals surface area contributed by atoms with Gasteiger partial charge in [0.2, 0.25) is 5.91 Å². The Kier molecular flexibility index (Phi) is 6.20. The van der Waals surface area contributed by atoms with Crippen molar-refractivity contribution in [3.63, 3.8) is 0 Å². The summed E-state index contributed by atoms with van der Waals surface area (Å²) < 4.78 is 1.90. The van der Waals surface area contributed by atoms with Crippen LogP contribution in [0, 0.1) is 5.92 Å². The Balaban J connectivity index is 1.72. The van der Waals surface area contributed by atoms with Crippen LogP contribution in [0.5, 0.6) is 0 Å². The summed E-state index contributed by atoms with van der Waals surface area (Å²) in [5.41, 5.74) is 1.83. The Hall–Kier alpha value is -2.96. The molecule has 1 aliphatic heterocycles. The highest BCUT2D eigenvalue weighted by Gasteiger charge is 2.26. The number of hydrogen-bond acceptors (Lipinski definition) is 5. The molecule has 1 amide bonds. The number of carbonyl (C=O) groups excluding carboxylic acids is 1. The van der Waals surface area contributed by atoms with Gasteiger partial charge in [0.1, 0.15) is 11.6 Å². The maximum absolute atomic E-state index is 12.4. The molecule has 0 aliphatic carbocycles. The summed E-state index contributed by atoms with van der Waals surface area (Å²) in [5.74, 6) is 2.32. The highest BCUT2D eigenvalue weighted by molar-refractivity contribution is 5.88. The van der Waals surface area contributed by atoms with E-state index in [0.29, 0.717) is 0 Å². The van der Waals surface area contributed by atoms with Crippen molar-refractivity contribution in [2.45, 2.75) is 46.5 Å². The lowest BCUT2D eigenvalue weighted by molar-refractivity contribution is -0.134. The first-order chi connectivity index (χ1) is 15.0. The summed E-state index contributed by atoms with van der Waals surface area (Å²) in [6.07, 6.45) is 4.00. The molecule has 0 saturated carbocycles. The van der Waals surface area contributed by atoms with Gasteiger partial charge in [-0.25, -0.2) is 14.6 Å². The number of piperazine rings is 1. The van der Waals surface area contributed by atoms with Crippen molar-refractivity contribution in [2.75, 3.05) is 31.1 Å². The fraction of sp³-hybridized carbons (Fsp3) is 0.500. The van der Waals surface area contributed by atoms with E-state index in [2.05, 4.69) is 23.8 Å². The van der Waals surface area contributed by atoms with Crippen LogP contribution < -0.4 is 4.90 Å². The van der Waals surface area contributed by atoms with Gasteiger partial charge >= 0.3 is 0 Å². The molecule has 2 aromatic heterocycles. The predicted molar refractivity (Wildman–Crippen MR) is 124 cm³/mol. The number of hydrogen-bond donors (Lipinski definition) is 0. The third-order valence-corrected chi connectivity index (χ3v) is 5.97. The van der Waals surface area contributed by atoms with Crippen LogP contribution in [0.3, 0.4) is 0 Å². The lowest BCUT2D eigenvalue weighted by Crippen LogP contribution is -2.50. The van der Waals surface area contributed by atoms with E-state index in [0.717, 1.165) is 67.4 Å². The number of fused-ring (bicyclic) bond motifs is 1. The Labute approximate surface area is 184 Å². The monoisotopic (exact) mass is 420 g/mol. The van der Waals surface area contributed by atoms with Gasteiger partial charge in [0.05, 0.1) is 17.3 Å². The molecule has 1 atom stereocenters. The zero-order valence-corrected chi connectivity index (χ0v) is 19.0. The molecule has 0 bridgehead atoms. The van der Waals surface area contributed by atoms with Crippen molar-refractivity contribution in [1.82, 2.24) is 24.6 Å². The van der Waals surface area contributed by atoms with Crippen LogP contribution in [-0.4, -0.2) is 56.7 Å². The molecule has 3 heterocycles. The number of para-hydroxylation sites is 1. The molecular formula is C24H32N6O.